The highest BCUT2D eigenvalue weighted by Gasteiger charge is 2.26. The van der Waals surface area contributed by atoms with Crippen molar-refractivity contribution in [2.75, 3.05) is 13.1 Å². The van der Waals surface area contributed by atoms with Gasteiger partial charge in [-0.25, -0.2) is 9.97 Å². The van der Waals surface area contributed by atoms with Crippen LogP contribution in [0.3, 0.4) is 0 Å². The second-order valence-electron chi connectivity index (χ2n) is 7.08. The predicted octanol–water partition coefficient (Wildman–Crippen LogP) is 5.26. The number of hydrogen-bond donors (Lipinski definition) is 1. The van der Waals surface area contributed by atoms with E-state index in [1.807, 2.05) is 23.1 Å². The molecule has 0 radical (unpaired) electrons. The molecule has 1 aliphatic heterocycles. The molecule has 1 unspecified atom stereocenters. The van der Waals surface area contributed by atoms with Crippen molar-refractivity contribution in [3.05, 3.63) is 56.9 Å². The van der Waals surface area contributed by atoms with E-state index < -0.39 is 0 Å². The third kappa shape index (κ3) is 4.43. The van der Waals surface area contributed by atoms with Crippen LogP contribution in [0.15, 0.2) is 30.3 Å². The minimum Gasteiger partial charge on any atom is -0.342 e. The predicted molar refractivity (Wildman–Crippen MR) is 112 cm³/mol. The quantitative estimate of drug-likeness (QED) is 0.567. The lowest BCUT2D eigenvalue weighted by atomic mass is 9.97. The molecule has 3 aromatic rings. The number of pyridine rings is 1. The topological polar surface area (TPSA) is 61.9 Å². The Bertz CT molecular complexity index is 1000. The minimum absolute atomic E-state index is 0.137. The zero-order valence-electron chi connectivity index (χ0n) is 15.1. The number of imidazole rings is 1. The van der Waals surface area contributed by atoms with Crippen molar-refractivity contribution in [1.29, 1.82) is 0 Å². The lowest BCUT2D eigenvalue weighted by Crippen LogP contribution is -2.39. The Hall–Kier alpha value is -1.82. The molecular formula is C20H19Cl3N4O. The summed E-state index contributed by atoms with van der Waals surface area (Å²) in [4.78, 5) is 26.8. The molecule has 0 spiro atoms. The van der Waals surface area contributed by atoms with Crippen molar-refractivity contribution in [3.63, 3.8) is 0 Å². The Labute approximate surface area is 178 Å². The lowest BCUT2D eigenvalue weighted by Gasteiger charge is -2.32. The number of amides is 1. The maximum Gasteiger partial charge on any atom is 0.222 e. The first-order valence-corrected chi connectivity index (χ1v) is 10.4. The number of aryl methyl sites for hydroxylation is 1. The van der Waals surface area contributed by atoms with Crippen molar-refractivity contribution in [3.8, 4) is 0 Å². The molecule has 1 fully saturated rings. The Morgan fingerprint density at radius 2 is 1.93 bits per heavy atom. The van der Waals surface area contributed by atoms with Crippen LogP contribution < -0.4 is 0 Å². The highest BCUT2D eigenvalue weighted by molar-refractivity contribution is 6.34. The molecule has 0 bridgehead atoms. The molecule has 1 saturated heterocycles. The Kier molecular flexibility index (Phi) is 5.76. The summed E-state index contributed by atoms with van der Waals surface area (Å²) < 4.78 is 0. The first kappa shape index (κ1) is 19.5. The summed E-state index contributed by atoms with van der Waals surface area (Å²) >= 11 is 18.0. The maximum atomic E-state index is 12.7. The number of aromatic nitrogens is 3. The zero-order valence-corrected chi connectivity index (χ0v) is 17.4. The van der Waals surface area contributed by atoms with E-state index in [2.05, 4.69) is 15.0 Å². The molecule has 0 aliphatic carbocycles. The second-order valence-corrected chi connectivity index (χ2v) is 8.34. The van der Waals surface area contributed by atoms with Crippen molar-refractivity contribution in [2.24, 2.45) is 0 Å². The minimum atomic E-state index is 0.137. The van der Waals surface area contributed by atoms with Crippen molar-refractivity contribution < 1.29 is 4.79 Å². The number of H-pyrrole nitrogens is 1. The van der Waals surface area contributed by atoms with E-state index in [1.54, 1.807) is 12.1 Å². The summed E-state index contributed by atoms with van der Waals surface area (Å²) in [6.45, 7) is 1.43. The van der Waals surface area contributed by atoms with Crippen LogP contribution in [0, 0.1) is 0 Å². The van der Waals surface area contributed by atoms with E-state index in [0.29, 0.717) is 40.2 Å². The average molecular weight is 438 g/mol. The van der Waals surface area contributed by atoms with Gasteiger partial charge in [-0.05, 0) is 55.2 Å². The van der Waals surface area contributed by atoms with Gasteiger partial charge < -0.3 is 9.88 Å². The first-order valence-electron chi connectivity index (χ1n) is 9.23. The zero-order chi connectivity index (χ0) is 19.7. The van der Waals surface area contributed by atoms with Crippen LogP contribution in [0.1, 0.15) is 36.6 Å². The summed E-state index contributed by atoms with van der Waals surface area (Å²) in [6, 6.07) is 9.02. The van der Waals surface area contributed by atoms with Gasteiger partial charge in [-0.2, -0.15) is 0 Å². The highest BCUT2D eigenvalue weighted by atomic mass is 35.5. The third-order valence-corrected chi connectivity index (χ3v) is 5.69. The van der Waals surface area contributed by atoms with Gasteiger partial charge in [0.15, 0.2) is 5.65 Å². The van der Waals surface area contributed by atoms with E-state index in [4.69, 9.17) is 34.8 Å². The molecule has 1 N–H and O–H groups in total. The summed E-state index contributed by atoms with van der Waals surface area (Å²) in [5.41, 5.74) is 2.45. The first-order chi connectivity index (χ1) is 13.5. The van der Waals surface area contributed by atoms with Gasteiger partial charge in [-0.1, -0.05) is 34.8 Å². The number of benzene rings is 1. The summed E-state index contributed by atoms with van der Waals surface area (Å²) in [5.74, 6) is 1.17. The van der Waals surface area contributed by atoms with Crippen LogP contribution in [-0.4, -0.2) is 38.8 Å². The Balaban J connectivity index is 1.41. The number of nitrogens with one attached hydrogen (secondary N) is 1. The molecule has 1 atom stereocenters. The number of nitrogens with zero attached hydrogens (tertiary/aromatic N) is 3. The number of rotatable bonds is 4. The molecule has 4 rings (SSSR count). The van der Waals surface area contributed by atoms with Gasteiger partial charge in [0.1, 0.15) is 11.0 Å². The van der Waals surface area contributed by atoms with Gasteiger partial charge in [-0.15, -0.1) is 0 Å². The summed E-state index contributed by atoms with van der Waals surface area (Å²) in [6.07, 6.45) is 2.99. The highest BCUT2D eigenvalue weighted by Crippen LogP contribution is 2.27. The lowest BCUT2D eigenvalue weighted by molar-refractivity contribution is -0.132. The Morgan fingerprint density at radius 1 is 1.14 bits per heavy atom. The van der Waals surface area contributed by atoms with Crippen LogP contribution in [0.25, 0.3) is 11.2 Å². The van der Waals surface area contributed by atoms with E-state index in [-0.39, 0.29) is 11.8 Å². The monoisotopic (exact) mass is 436 g/mol. The largest absolute Gasteiger partial charge is 0.342 e. The summed E-state index contributed by atoms with van der Waals surface area (Å²) in [7, 11) is 0. The van der Waals surface area contributed by atoms with E-state index in [0.717, 1.165) is 36.3 Å². The number of fused-ring (bicyclic) bond motifs is 1. The van der Waals surface area contributed by atoms with Crippen LogP contribution >= 0.6 is 34.8 Å². The maximum absolute atomic E-state index is 12.7. The van der Waals surface area contributed by atoms with Crippen LogP contribution in [0.4, 0.5) is 0 Å². The molecule has 2 aromatic heterocycles. The second kappa shape index (κ2) is 8.27. The molecular weight excluding hydrogens is 419 g/mol. The van der Waals surface area contributed by atoms with Crippen LogP contribution in [0.5, 0.6) is 0 Å². The van der Waals surface area contributed by atoms with Crippen molar-refractivity contribution in [1.82, 2.24) is 19.9 Å². The Morgan fingerprint density at radius 3 is 2.71 bits per heavy atom. The van der Waals surface area contributed by atoms with Gasteiger partial charge >= 0.3 is 0 Å². The smallest absolute Gasteiger partial charge is 0.222 e. The SMILES string of the molecule is O=C(CCc1cc(Cl)cc(Cl)c1)N1CCCC(c2nc3nc(Cl)ccc3[nH]2)C1. The summed E-state index contributed by atoms with van der Waals surface area (Å²) in [5, 5.41) is 1.60. The number of halogens is 3. The number of carbonyl (C=O) groups excluding carboxylic acids is 1. The van der Waals surface area contributed by atoms with Crippen LogP contribution in [0.2, 0.25) is 15.2 Å². The molecule has 5 nitrogen and oxygen atoms in total. The van der Waals surface area contributed by atoms with Gasteiger partial charge in [0.25, 0.3) is 0 Å². The fourth-order valence-electron chi connectivity index (χ4n) is 3.67. The van der Waals surface area contributed by atoms with E-state index >= 15 is 0 Å². The fourth-order valence-corrected chi connectivity index (χ4v) is 4.39. The number of hydrogen-bond acceptors (Lipinski definition) is 3. The third-order valence-electron chi connectivity index (χ3n) is 5.04. The van der Waals surface area contributed by atoms with Crippen molar-refractivity contribution in [2.45, 2.75) is 31.6 Å². The number of carbonyl (C=O) groups is 1. The molecule has 28 heavy (non-hydrogen) atoms. The molecule has 1 amide bonds. The molecule has 3 heterocycles. The number of aromatic amines is 1. The van der Waals surface area contributed by atoms with E-state index in [9.17, 15) is 4.79 Å². The van der Waals surface area contributed by atoms with Gasteiger partial charge in [-0.3, -0.25) is 4.79 Å². The average Bonchev–Trinajstić information content (AvgIpc) is 3.08. The van der Waals surface area contributed by atoms with Crippen molar-refractivity contribution >= 4 is 51.9 Å². The normalized spacial score (nSPS) is 17.2. The van der Waals surface area contributed by atoms with Crippen LogP contribution in [-0.2, 0) is 11.2 Å². The molecule has 0 saturated carbocycles. The van der Waals surface area contributed by atoms with Gasteiger partial charge in [0, 0.05) is 35.5 Å². The number of likely N-dealkylation sites (tertiary alicyclic amines) is 1. The fraction of sp³-hybridized carbons (Fsp3) is 0.350. The van der Waals surface area contributed by atoms with Gasteiger partial charge in [0.05, 0.1) is 5.52 Å². The molecule has 1 aromatic carbocycles. The molecule has 146 valence electrons. The molecule has 1 aliphatic rings. The molecule has 8 heteroatoms. The number of piperidine rings is 1. The van der Waals surface area contributed by atoms with E-state index in [1.165, 1.54) is 0 Å². The van der Waals surface area contributed by atoms with Gasteiger partial charge in [0.2, 0.25) is 5.91 Å². The standard InChI is InChI=1S/C20H19Cl3N4O/c21-14-8-12(9-15(22)10-14)3-6-18(28)27-7-1-2-13(11-27)19-24-16-4-5-17(23)25-20(16)26-19/h4-5,8-10,13H,1-3,6-7,11H2,(H,24,25,26).